The van der Waals surface area contributed by atoms with E-state index in [0.717, 1.165) is 41.6 Å². The highest BCUT2D eigenvalue weighted by Gasteiger charge is 2.28. The molecule has 1 aromatic carbocycles. The van der Waals surface area contributed by atoms with Gasteiger partial charge in [-0.1, -0.05) is 35.5 Å². The molecule has 0 bridgehead atoms. The molecule has 1 unspecified atom stereocenters. The van der Waals surface area contributed by atoms with Crippen LogP contribution in [-0.2, 0) is 11.3 Å². The lowest BCUT2D eigenvalue weighted by Crippen LogP contribution is -2.44. The summed E-state index contributed by atoms with van der Waals surface area (Å²) in [6, 6.07) is 11.6. The number of aromatic nitrogens is 1. The molecule has 0 saturated carbocycles. The van der Waals surface area contributed by atoms with E-state index < -0.39 is 0 Å². The molecule has 1 fully saturated rings. The number of nitrogens with one attached hydrogen (secondary N) is 1. The summed E-state index contributed by atoms with van der Waals surface area (Å²) in [6.07, 6.45) is 0. The Morgan fingerprint density at radius 2 is 2.09 bits per heavy atom. The second-order valence-electron chi connectivity index (χ2n) is 5.61. The summed E-state index contributed by atoms with van der Waals surface area (Å²) in [5, 5.41) is 6.92. The first-order valence-corrected chi connectivity index (χ1v) is 8.96. The molecule has 1 aromatic heterocycles. The zero-order valence-electron chi connectivity index (χ0n) is 13.2. The van der Waals surface area contributed by atoms with Crippen molar-refractivity contribution in [2.24, 2.45) is 0 Å². The molecule has 6 heteroatoms. The molecule has 1 saturated heterocycles. The number of amides is 1. The lowest BCUT2D eigenvalue weighted by atomic mass is 10.0. The molecular formula is C17H21N3O2S. The van der Waals surface area contributed by atoms with Gasteiger partial charge in [0, 0.05) is 30.7 Å². The molecule has 3 rings (SSSR count). The Balaban J connectivity index is 1.72. The van der Waals surface area contributed by atoms with Gasteiger partial charge in [0.2, 0.25) is 5.91 Å². The monoisotopic (exact) mass is 331 g/mol. The lowest BCUT2D eigenvalue weighted by molar-refractivity contribution is -0.126. The van der Waals surface area contributed by atoms with Crippen LogP contribution in [0, 0.1) is 6.92 Å². The zero-order chi connectivity index (χ0) is 16.1. The normalized spacial score (nSPS) is 16.9. The highest BCUT2D eigenvalue weighted by Crippen LogP contribution is 2.24. The molecule has 2 heterocycles. The van der Waals surface area contributed by atoms with Crippen molar-refractivity contribution in [2.45, 2.75) is 19.5 Å². The fraction of sp³-hybridized carbons (Fsp3) is 0.412. The average Bonchev–Trinajstić information content (AvgIpc) is 3.01. The third-order valence-electron chi connectivity index (χ3n) is 3.89. The quantitative estimate of drug-likeness (QED) is 0.912. The van der Waals surface area contributed by atoms with E-state index in [4.69, 9.17) is 4.52 Å². The number of carbonyl (C=O) groups excluding carboxylic acids is 1. The van der Waals surface area contributed by atoms with Gasteiger partial charge in [0.1, 0.15) is 17.5 Å². The van der Waals surface area contributed by atoms with E-state index in [9.17, 15) is 4.79 Å². The summed E-state index contributed by atoms with van der Waals surface area (Å²) in [4.78, 5) is 15.1. The van der Waals surface area contributed by atoms with Gasteiger partial charge in [-0.05, 0) is 12.5 Å². The van der Waals surface area contributed by atoms with Crippen molar-refractivity contribution in [1.82, 2.24) is 15.4 Å². The summed E-state index contributed by atoms with van der Waals surface area (Å²) in [5.41, 5.74) is 1.78. The van der Waals surface area contributed by atoms with Crippen LogP contribution in [0.2, 0.25) is 0 Å². The third-order valence-corrected chi connectivity index (χ3v) is 4.84. The summed E-state index contributed by atoms with van der Waals surface area (Å²) >= 11 is 1.94. The summed E-state index contributed by atoms with van der Waals surface area (Å²) in [5.74, 6) is 2.91. The first kappa shape index (κ1) is 16.1. The third kappa shape index (κ3) is 4.14. The minimum atomic E-state index is -0.245. The van der Waals surface area contributed by atoms with Crippen LogP contribution in [0.4, 0.5) is 0 Å². The Hall–Kier alpha value is -1.79. The number of carbonyl (C=O) groups is 1. The summed E-state index contributed by atoms with van der Waals surface area (Å²) in [6.45, 7) is 4.10. The number of aryl methyl sites for hydroxylation is 1. The van der Waals surface area contributed by atoms with Gasteiger partial charge in [-0.3, -0.25) is 9.69 Å². The predicted molar refractivity (Wildman–Crippen MR) is 91.2 cm³/mol. The summed E-state index contributed by atoms with van der Waals surface area (Å²) in [7, 11) is 0. The van der Waals surface area contributed by atoms with Crippen LogP contribution in [0.3, 0.4) is 0 Å². The molecular weight excluding hydrogens is 310 g/mol. The van der Waals surface area contributed by atoms with Crippen LogP contribution < -0.4 is 5.32 Å². The highest BCUT2D eigenvalue weighted by molar-refractivity contribution is 7.99. The number of hydrogen-bond donors (Lipinski definition) is 1. The van der Waals surface area contributed by atoms with Gasteiger partial charge in [-0.15, -0.1) is 0 Å². The number of hydrogen-bond acceptors (Lipinski definition) is 5. The minimum Gasteiger partial charge on any atom is -0.361 e. The number of thioether (sulfide) groups is 1. The maximum Gasteiger partial charge on any atom is 0.242 e. The molecule has 1 aliphatic heterocycles. The molecule has 122 valence electrons. The molecule has 1 amide bonds. The molecule has 1 aliphatic rings. The Bertz CT molecular complexity index is 638. The van der Waals surface area contributed by atoms with Crippen LogP contribution >= 0.6 is 11.8 Å². The second kappa shape index (κ2) is 7.66. The Labute approximate surface area is 140 Å². The van der Waals surface area contributed by atoms with E-state index in [2.05, 4.69) is 15.4 Å². The maximum atomic E-state index is 12.8. The minimum absolute atomic E-state index is 0.0174. The van der Waals surface area contributed by atoms with Gasteiger partial charge in [0.25, 0.3) is 0 Å². The second-order valence-corrected chi connectivity index (χ2v) is 6.83. The van der Waals surface area contributed by atoms with Crippen molar-refractivity contribution in [3.63, 3.8) is 0 Å². The van der Waals surface area contributed by atoms with E-state index in [1.165, 1.54) is 0 Å². The fourth-order valence-corrected chi connectivity index (χ4v) is 3.71. The molecule has 0 spiro atoms. The average molecular weight is 331 g/mol. The fourth-order valence-electron chi connectivity index (χ4n) is 2.77. The maximum absolute atomic E-state index is 12.8. The van der Waals surface area contributed by atoms with Gasteiger partial charge < -0.3 is 9.84 Å². The number of rotatable bonds is 5. The molecule has 23 heavy (non-hydrogen) atoms. The molecule has 1 N–H and O–H groups in total. The van der Waals surface area contributed by atoms with E-state index in [0.29, 0.717) is 6.54 Å². The van der Waals surface area contributed by atoms with Crippen molar-refractivity contribution < 1.29 is 9.32 Å². The first-order chi connectivity index (χ1) is 11.2. The Morgan fingerprint density at radius 3 is 2.74 bits per heavy atom. The number of benzene rings is 1. The Morgan fingerprint density at radius 1 is 1.35 bits per heavy atom. The number of nitrogens with zero attached hydrogens (tertiary/aromatic N) is 2. The zero-order valence-corrected chi connectivity index (χ0v) is 14.0. The van der Waals surface area contributed by atoms with Gasteiger partial charge in [0.05, 0.1) is 6.54 Å². The van der Waals surface area contributed by atoms with Crippen molar-refractivity contribution in [3.8, 4) is 0 Å². The van der Waals surface area contributed by atoms with E-state index >= 15 is 0 Å². The van der Waals surface area contributed by atoms with Gasteiger partial charge in [0.15, 0.2) is 0 Å². The van der Waals surface area contributed by atoms with Crippen molar-refractivity contribution in [2.75, 3.05) is 24.6 Å². The summed E-state index contributed by atoms with van der Waals surface area (Å²) < 4.78 is 5.04. The largest absolute Gasteiger partial charge is 0.361 e. The smallest absolute Gasteiger partial charge is 0.242 e. The van der Waals surface area contributed by atoms with Crippen molar-refractivity contribution in [1.29, 1.82) is 0 Å². The van der Waals surface area contributed by atoms with Crippen LogP contribution in [-0.4, -0.2) is 40.6 Å². The molecule has 5 nitrogen and oxygen atoms in total. The van der Waals surface area contributed by atoms with E-state index in [-0.39, 0.29) is 11.9 Å². The van der Waals surface area contributed by atoms with Crippen LogP contribution in [0.15, 0.2) is 40.9 Å². The first-order valence-electron chi connectivity index (χ1n) is 7.80. The van der Waals surface area contributed by atoms with Crippen LogP contribution in [0.5, 0.6) is 0 Å². The standard InChI is InChI=1S/C17H21N3O2S/c1-13-11-15(19-22-13)12-18-17(21)16(14-5-3-2-4-6-14)20-7-9-23-10-8-20/h2-6,11,16H,7-10,12H2,1H3,(H,18,21). The van der Waals surface area contributed by atoms with Crippen LogP contribution in [0.25, 0.3) is 0 Å². The molecule has 0 radical (unpaired) electrons. The topological polar surface area (TPSA) is 58.4 Å². The molecule has 0 aliphatic carbocycles. The van der Waals surface area contributed by atoms with Crippen molar-refractivity contribution >= 4 is 17.7 Å². The molecule has 2 aromatic rings. The van der Waals surface area contributed by atoms with Gasteiger partial charge in [-0.25, -0.2) is 0 Å². The van der Waals surface area contributed by atoms with Gasteiger partial charge in [-0.2, -0.15) is 11.8 Å². The Kier molecular flexibility index (Phi) is 5.35. The van der Waals surface area contributed by atoms with Crippen LogP contribution in [0.1, 0.15) is 23.1 Å². The van der Waals surface area contributed by atoms with Gasteiger partial charge >= 0.3 is 0 Å². The highest BCUT2D eigenvalue weighted by atomic mass is 32.2. The lowest BCUT2D eigenvalue weighted by Gasteiger charge is -2.33. The van der Waals surface area contributed by atoms with E-state index in [1.54, 1.807) is 0 Å². The van der Waals surface area contributed by atoms with Crippen molar-refractivity contribution in [3.05, 3.63) is 53.4 Å². The SMILES string of the molecule is Cc1cc(CNC(=O)C(c2ccccc2)N2CCSCC2)no1. The predicted octanol–water partition coefficient (Wildman–Crippen LogP) is 2.39. The van der Waals surface area contributed by atoms with E-state index in [1.807, 2.05) is 55.1 Å². The molecule has 1 atom stereocenters.